The van der Waals surface area contributed by atoms with Gasteiger partial charge in [-0.15, -0.1) is 0 Å². The number of methoxy groups -OCH3 is 1. The average molecular weight is 469 g/mol. The highest BCUT2D eigenvalue weighted by Crippen LogP contribution is 2.42. The van der Waals surface area contributed by atoms with Crippen molar-refractivity contribution < 1.29 is 17.9 Å². The lowest BCUT2D eigenvalue weighted by atomic mass is 10.1. The van der Waals surface area contributed by atoms with Crippen molar-refractivity contribution in [1.29, 1.82) is 0 Å². The number of pyridine rings is 1. The molecule has 4 rings (SSSR count). The van der Waals surface area contributed by atoms with E-state index in [1.807, 2.05) is 0 Å². The second-order valence-electron chi connectivity index (χ2n) is 6.55. The fourth-order valence-electron chi connectivity index (χ4n) is 3.04. The van der Waals surface area contributed by atoms with Gasteiger partial charge in [-0.05, 0) is 30.3 Å². The number of hydrogen-bond donors (Lipinski definition) is 1. The van der Waals surface area contributed by atoms with Crippen LogP contribution < -0.4 is 14.6 Å². The molecule has 2 aromatic carbocycles. The van der Waals surface area contributed by atoms with Gasteiger partial charge in [-0.25, -0.2) is 23.5 Å². The Kier molecular flexibility index (Phi) is 6.04. The topological polar surface area (TPSA) is 117 Å². The molecule has 0 amide bonds. The van der Waals surface area contributed by atoms with Gasteiger partial charge in [0.05, 0.1) is 12.0 Å². The first-order chi connectivity index (χ1) is 15.4. The van der Waals surface area contributed by atoms with Crippen LogP contribution in [0.2, 0.25) is 5.15 Å². The average Bonchev–Trinajstić information content (AvgIpc) is 2.80. The molecule has 162 valence electrons. The second kappa shape index (κ2) is 8.91. The minimum atomic E-state index is -4.07. The molecule has 2 aromatic heterocycles. The van der Waals surface area contributed by atoms with E-state index in [1.165, 1.54) is 13.2 Å². The van der Waals surface area contributed by atoms with Gasteiger partial charge in [0.2, 0.25) is 10.0 Å². The third-order valence-electron chi connectivity index (χ3n) is 4.47. The molecule has 8 nitrogen and oxygen atoms in total. The number of benzene rings is 2. The van der Waals surface area contributed by atoms with Gasteiger partial charge < -0.3 is 9.47 Å². The van der Waals surface area contributed by atoms with E-state index >= 15 is 0 Å². The first kappa shape index (κ1) is 21.7. The molecule has 2 N–H and O–H groups in total. The molecule has 0 aliphatic rings. The van der Waals surface area contributed by atoms with E-state index in [4.69, 9.17) is 26.2 Å². The van der Waals surface area contributed by atoms with Crippen LogP contribution in [0, 0.1) is 0 Å². The fourth-order valence-corrected chi connectivity index (χ4v) is 3.99. The van der Waals surface area contributed by atoms with E-state index in [-0.39, 0.29) is 32.9 Å². The highest BCUT2D eigenvalue weighted by Gasteiger charge is 2.24. The molecule has 0 unspecified atom stereocenters. The number of primary sulfonamides is 1. The zero-order valence-corrected chi connectivity index (χ0v) is 18.3. The minimum Gasteiger partial charge on any atom is -0.493 e. The third kappa shape index (κ3) is 4.40. The summed E-state index contributed by atoms with van der Waals surface area (Å²) in [6, 6.07) is 16.6. The van der Waals surface area contributed by atoms with Crippen molar-refractivity contribution >= 4 is 21.6 Å². The molecular formula is C22H17ClN4O4S. The quantitative estimate of drug-likeness (QED) is 0.419. The summed E-state index contributed by atoms with van der Waals surface area (Å²) in [4.78, 5) is 12.9. The van der Waals surface area contributed by atoms with Crippen LogP contribution in [0.15, 0.2) is 78.0 Å². The van der Waals surface area contributed by atoms with E-state index in [9.17, 15) is 8.42 Å². The molecule has 32 heavy (non-hydrogen) atoms. The molecule has 0 aliphatic carbocycles. The molecule has 0 saturated heterocycles. The van der Waals surface area contributed by atoms with Gasteiger partial charge in [0.1, 0.15) is 5.69 Å². The van der Waals surface area contributed by atoms with E-state index in [0.717, 1.165) is 0 Å². The monoisotopic (exact) mass is 468 g/mol. The summed E-state index contributed by atoms with van der Waals surface area (Å²) in [5, 5.41) is 5.43. The summed E-state index contributed by atoms with van der Waals surface area (Å²) < 4.78 is 35.9. The summed E-state index contributed by atoms with van der Waals surface area (Å²) in [7, 11) is -2.57. The van der Waals surface area contributed by atoms with Crippen LogP contribution in [0.25, 0.3) is 22.6 Å². The van der Waals surface area contributed by atoms with Crippen molar-refractivity contribution in [3.05, 3.63) is 78.2 Å². The number of sulfonamides is 1. The van der Waals surface area contributed by atoms with Crippen LogP contribution in [0.4, 0.5) is 0 Å². The Morgan fingerprint density at radius 2 is 1.66 bits per heavy atom. The van der Waals surface area contributed by atoms with Crippen molar-refractivity contribution in [1.82, 2.24) is 15.0 Å². The Hall–Kier alpha value is -3.53. The van der Waals surface area contributed by atoms with Crippen LogP contribution in [-0.4, -0.2) is 30.5 Å². The lowest BCUT2D eigenvalue weighted by molar-refractivity contribution is 0.378. The summed E-state index contributed by atoms with van der Waals surface area (Å²) in [5.41, 5.74) is 0.960. The smallest absolute Gasteiger partial charge is 0.238 e. The number of hydrogen-bond acceptors (Lipinski definition) is 7. The number of aromatic nitrogens is 3. The maximum atomic E-state index is 12.3. The van der Waals surface area contributed by atoms with Gasteiger partial charge in [0.25, 0.3) is 0 Å². The molecule has 0 bridgehead atoms. The highest BCUT2D eigenvalue weighted by molar-refractivity contribution is 7.89. The standard InChI is InChI=1S/C22H17ClN4O4S/c1-30-16-9-3-4-10-17(16)31-20-19(15-8-2-5-11-18(15)32(24,28)29)26-22(27-21(20)23)14-7-6-12-25-13-14/h2-13H,1H3,(H2,24,28,29). The van der Waals surface area contributed by atoms with Crippen molar-refractivity contribution in [3.8, 4) is 39.9 Å². The number of nitrogens with zero attached hydrogens (tertiary/aromatic N) is 3. The van der Waals surface area contributed by atoms with E-state index < -0.39 is 10.0 Å². The largest absolute Gasteiger partial charge is 0.493 e. The lowest BCUT2D eigenvalue weighted by Crippen LogP contribution is -2.14. The van der Waals surface area contributed by atoms with Gasteiger partial charge in [-0.1, -0.05) is 41.9 Å². The summed E-state index contributed by atoms with van der Waals surface area (Å²) in [6.07, 6.45) is 3.18. The number of ether oxygens (including phenoxy) is 2. The molecular weight excluding hydrogens is 452 g/mol. The Morgan fingerprint density at radius 1 is 0.938 bits per heavy atom. The van der Waals surface area contributed by atoms with Gasteiger partial charge in [-0.2, -0.15) is 0 Å². The molecule has 4 aromatic rings. The first-order valence-corrected chi connectivity index (χ1v) is 11.2. The van der Waals surface area contributed by atoms with Gasteiger partial charge in [0, 0.05) is 23.5 Å². The maximum absolute atomic E-state index is 12.3. The van der Waals surface area contributed by atoms with E-state index in [1.54, 1.807) is 67.0 Å². The van der Waals surface area contributed by atoms with Crippen LogP contribution in [0.1, 0.15) is 0 Å². The Balaban J connectivity index is 1.99. The maximum Gasteiger partial charge on any atom is 0.238 e. The number of halogens is 1. The first-order valence-electron chi connectivity index (χ1n) is 9.29. The predicted octanol–water partition coefficient (Wildman–Crippen LogP) is 4.31. The van der Waals surface area contributed by atoms with Crippen molar-refractivity contribution in [3.63, 3.8) is 0 Å². The molecule has 0 fully saturated rings. The predicted molar refractivity (Wildman–Crippen MR) is 120 cm³/mol. The minimum absolute atomic E-state index is 0.0241. The Labute approximate surface area is 189 Å². The van der Waals surface area contributed by atoms with E-state index in [2.05, 4.69) is 15.0 Å². The second-order valence-corrected chi connectivity index (χ2v) is 8.44. The molecule has 0 saturated carbocycles. The number of para-hydroxylation sites is 2. The van der Waals surface area contributed by atoms with Crippen LogP contribution in [0.5, 0.6) is 17.2 Å². The number of nitrogens with two attached hydrogens (primary N) is 1. The summed E-state index contributed by atoms with van der Waals surface area (Å²) in [6.45, 7) is 0. The highest BCUT2D eigenvalue weighted by atomic mass is 35.5. The molecule has 0 atom stereocenters. The van der Waals surface area contributed by atoms with Crippen molar-refractivity contribution in [2.24, 2.45) is 5.14 Å². The lowest BCUT2D eigenvalue weighted by Gasteiger charge is -2.16. The Bertz CT molecular complexity index is 1380. The van der Waals surface area contributed by atoms with Gasteiger partial charge in [-0.3, -0.25) is 4.98 Å². The normalized spacial score (nSPS) is 11.2. The molecule has 2 heterocycles. The zero-order chi connectivity index (χ0) is 22.7. The number of rotatable bonds is 6. The zero-order valence-electron chi connectivity index (χ0n) is 16.8. The van der Waals surface area contributed by atoms with Crippen LogP contribution in [0.3, 0.4) is 0 Å². The summed E-state index contributed by atoms with van der Waals surface area (Å²) in [5.74, 6) is 1.10. The third-order valence-corrected chi connectivity index (χ3v) is 5.70. The molecule has 10 heteroatoms. The van der Waals surface area contributed by atoms with E-state index in [0.29, 0.717) is 17.1 Å². The molecule has 0 radical (unpaired) electrons. The van der Waals surface area contributed by atoms with Crippen LogP contribution >= 0.6 is 11.6 Å². The molecule has 0 spiro atoms. The van der Waals surface area contributed by atoms with Crippen molar-refractivity contribution in [2.45, 2.75) is 4.90 Å². The fraction of sp³-hybridized carbons (Fsp3) is 0.0455. The van der Waals surface area contributed by atoms with Crippen molar-refractivity contribution in [2.75, 3.05) is 7.11 Å². The van der Waals surface area contributed by atoms with Crippen LogP contribution in [-0.2, 0) is 10.0 Å². The van der Waals surface area contributed by atoms with Gasteiger partial charge >= 0.3 is 0 Å². The van der Waals surface area contributed by atoms with Gasteiger partial charge in [0.15, 0.2) is 28.2 Å². The Morgan fingerprint density at radius 3 is 2.34 bits per heavy atom. The SMILES string of the molecule is COc1ccccc1Oc1c(Cl)nc(-c2cccnc2)nc1-c1ccccc1S(N)(=O)=O. The molecule has 0 aliphatic heterocycles. The summed E-state index contributed by atoms with van der Waals surface area (Å²) >= 11 is 6.53.